The molecule has 1 aliphatic heterocycles. The highest BCUT2D eigenvalue weighted by atomic mass is 16.5. The Morgan fingerprint density at radius 1 is 1.14 bits per heavy atom. The number of anilines is 1. The first kappa shape index (κ1) is 13.0. The molecule has 0 bridgehead atoms. The van der Waals surface area contributed by atoms with Crippen LogP contribution in [0.25, 0.3) is 16.6 Å². The van der Waals surface area contributed by atoms with Crippen molar-refractivity contribution in [1.29, 1.82) is 0 Å². The zero-order chi connectivity index (χ0) is 14.9. The molecule has 2 aromatic heterocycles. The third kappa shape index (κ3) is 2.16. The minimum absolute atomic E-state index is 0.0143. The predicted octanol–water partition coefficient (Wildman–Crippen LogP) is 2.36. The highest BCUT2D eigenvalue weighted by molar-refractivity contribution is 5.99. The van der Waals surface area contributed by atoms with Gasteiger partial charge < -0.3 is 14.0 Å². The number of morpholine rings is 1. The second kappa shape index (κ2) is 5.27. The Balaban J connectivity index is 1.89. The van der Waals surface area contributed by atoms with Gasteiger partial charge in [-0.15, -0.1) is 0 Å². The first-order chi connectivity index (χ1) is 10.8. The molecular formula is C17H15N3O2. The van der Waals surface area contributed by atoms with E-state index in [1.165, 1.54) is 0 Å². The summed E-state index contributed by atoms with van der Waals surface area (Å²) in [5, 5.41) is 0. The molecule has 1 aliphatic rings. The highest BCUT2D eigenvalue weighted by Crippen LogP contribution is 2.29. The lowest BCUT2D eigenvalue weighted by atomic mass is 10.1. The Bertz CT molecular complexity index is 826. The molecule has 110 valence electrons. The quantitative estimate of drug-likeness (QED) is 0.728. The first-order valence-electron chi connectivity index (χ1n) is 7.22. The average molecular weight is 293 g/mol. The van der Waals surface area contributed by atoms with Gasteiger partial charge in [0.1, 0.15) is 6.61 Å². The average Bonchev–Trinajstić information content (AvgIpc) is 3.04. The molecule has 1 amide bonds. The minimum Gasteiger partial charge on any atom is -0.370 e. The van der Waals surface area contributed by atoms with Gasteiger partial charge in [0.05, 0.1) is 30.3 Å². The third-order valence-electron chi connectivity index (χ3n) is 3.88. The number of imidazole rings is 1. The molecule has 3 heterocycles. The van der Waals surface area contributed by atoms with Gasteiger partial charge in [0.2, 0.25) is 0 Å². The Hall–Kier alpha value is -2.66. The molecule has 0 radical (unpaired) electrons. The van der Waals surface area contributed by atoms with Crippen molar-refractivity contribution in [2.24, 2.45) is 0 Å². The maximum absolute atomic E-state index is 12.2. The zero-order valence-corrected chi connectivity index (χ0v) is 12.0. The molecule has 0 unspecified atom stereocenters. The Kier molecular flexibility index (Phi) is 3.12. The third-order valence-corrected chi connectivity index (χ3v) is 3.88. The number of benzene rings is 1. The lowest BCUT2D eigenvalue weighted by molar-refractivity contribution is -0.125. The number of pyridine rings is 1. The summed E-state index contributed by atoms with van der Waals surface area (Å²) in [5.74, 6) is -0.0143. The number of aromatic nitrogens is 2. The van der Waals surface area contributed by atoms with Crippen molar-refractivity contribution in [3.8, 4) is 11.1 Å². The molecule has 0 aliphatic carbocycles. The van der Waals surface area contributed by atoms with Gasteiger partial charge in [0.25, 0.3) is 5.91 Å². The number of carbonyl (C=O) groups is 1. The van der Waals surface area contributed by atoms with E-state index in [1.807, 2.05) is 28.8 Å². The fourth-order valence-corrected chi connectivity index (χ4v) is 2.79. The second-order valence-corrected chi connectivity index (χ2v) is 5.26. The number of ether oxygens (including phenoxy) is 1. The number of fused-ring (bicyclic) bond motifs is 1. The lowest BCUT2D eigenvalue weighted by Crippen LogP contribution is -2.41. The predicted molar refractivity (Wildman–Crippen MR) is 83.8 cm³/mol. The fraction of sp³-hybridized carbons (Fsp3) is 0.176. The van der Waals surface area contributed by atoms with Crippen molar-refractivity contribution in [3.05, 3.63) is 55.1 Å². The lowest BCUT2D eigenvalue weighted by Gasteiger charge is -2.27. The van der Waals surface area contributed by atoms with Crippen LogP contribution in [-0.4, -0.2) is 35.1 Å². The van der Waals surface area contributed by atoms with Crippen LogP contribution in [0.3, 0.4) is 0 Å². The maximum Gasteiger partial charge on any atom is 0.253 e. The number of nitrogens with zero attached hydrogens (tertiary/aromatic N) is 3. The van der Waals surface area contributed by atoms with Crippen LogP contribution in [0.4, 0.5) is 5.69 Å². The molecule has 22 heavy (non-hydrogen) atoms. The van der Waals surface area contributed by atoms with Crippen LogP contribution in [0.15, 0.2) is 55.1 Å². The van der Waals surface area contributed by atoms with E-state index in [2.05, 4.69) is 23.2 Å². The first-order valence-corrected chi connectivity index (χ1v) is 7.22. The van der Waals surface area contributed by atoms with Gasteiger partial charge in [-0.1, -0.05) is 30.3 Å². The van der Waals surface area contributed by atoms with Gasteiger partial charge in [-0.2, -0.15) is 0 Å². The molecule has 1 fully saturated rings. The molecule has 5 nitrogen and oxygen atoms in total. The van der Waals surface area contributed by atoms with Gasteiger partial charge in [-0.25, -0.2) is 4.98 Å². The highest BCUT2D eigenvalue weighted by Gasteiger charge is 2.23. The van der Waals surface area contributed by atoms with Gasteiger partial charge in [-0.3, -0.25) is 4.79 Å². The van der Waals surface area contributed by atoms with Crippen molar-refractivity contribution in [2.75, 3.05) is 24.7 Å². The van der Waals surface area contributed by atoms with Crippen LogP contribution < -0.4 is 4.90 Å². The normalized spacial score (nSPS) is 15.5. The van der Waals surface area contributed by atoms with E-state index in [-0.39, 0.29) is 12.5 Å². The van der Waals surface area contributed by atoms with E-state index in [0.29, 0.717) is 13.2 Å². The van der Waals surface area contributed by atoms with Gasteiger partial charge >= 0.3 is 0 Å². The second-order valence-electron chi connectivity index (χ2n) is 5.26. The Labute approximate surface area is 127 Å². The number of carbonyl (C=O) groups excluding carboxylic acids is 1. The van der Waals surface area contributed by atoms with Crippen LogP contribution in [0.1, 0.15) is 0 Å². The topological polar surface area (TPSA) is 46.8 Å². The smallest absolute Gasteiger partial charge is 0.253 e. The van der Waals surface area contributed by atoms with Crippen LogP contribution in [0.2, 0.25) is 0 Å². The standard InChI is InChI=1S/C17H15N3O2/c21-17-11-22-7-6-20(17)15-8-14(13-4-2-1-3-5-13)10-19-12-18-9-16(15)19/h1-5,8-10,12H,6-7,11H2. The summed E-state index contributed by atoms with van der Waals surface area (Å²) in [6.45, 7) is 1.26. The molecule has 4 rings (SSSR count). The van der Waals surface area contributed by atoms with Gasteiger partial charge in [-0.05, 0) is 11.6 Å². The molecular weight excluding hydrogens is 278 g/mol. The summed E-state index contributed by atoms with van der Waals surface area (Å²) in [5.41, 5.74) is 3.97. The zero-order valence-electron chi connectivity index (χ0n) is 12.0. The Morgan fingerprint density at radius 3 is 2.82 bits per heavy atom. The fourth-order valence-electron chi connectivity index (χ4n) is 2.79. The van der Waals surface area contributed by atoms with Crippen LogP contribution in [-0.2, 0) is 9.53 Å². The van der Waals surface area contributed by atoms with Crippen LogP contribution >= 0.6 is 0 Å². The van der Waals surface area contributed by atoms with E-state index in [4.69, 9.17) is 4.74 Å². The summed E-state index contributed by atoms with van der Waals surface area (Å²) in [6, 6.07) is 12.2. The number of hydrogen-bond acceptors (Lipinski definition) is 3. The van der Waals surface area contributed by atoms with E-state index in [1.54, 1.807) is 17.4 Å². The molecule has 3 aromatic rings. The van der Waals surface area contributed by atoms with Crippen molar-refractivity contribution < 1.29 is 9.53 Å². The van der Waals surface area contributed by atoms with E-state index >= 15 is 0 Å². The van der Waals surface area contributed by atoms with Gasteiger partial charge in [0, 0.05) is 18.3 Å². The molecule has 1 saturated heterocycles. The summed E-state index contributed by atoms with van der Waals surface area (Å²) < 4.78 is 7.19. The SMILES string of the molecule is O=C1COCCN1c1cc(-c2ccccc2)cn2cncc12. The Morgan fingerprint density at radius 2 is 2.00 bits per heavy atom. The molecule has 0 N–H and O–H groups in total. The molecule has 0 atom stereocenters. The number of rotatable bonds is 2. The van der Waals surface area contributed by atoms with Gasteiger partial charge in [0.15, 0.2) is 0 Å². The van der Waals surface area contributed by atoms with Crippen LogP contribution in [0.5, 0.6) is 0 Å². The number of hydrogen-bond donors (Lipinski definition) is 0. The van der Waals surface area contributed by atoms with E-state index < -0.39 is 0 Å². The van der Waals surface area contributed by atoms with Crippen molar-refractivity contribution >= 4 is 17.1 Å². The van der Waals surface area contributed by atoms with E-state index in [0.717, 1.165) is 22.3 Å². The van der Waals surface area contributed by atoms with Crippen LogP contribution in [0, 0.1) is 0 Å². The van der Waals surface area contributed by atoms with Crippen molar-refractivity contribution in [2.45, 2.75) is 0 Å². The largest absolute Gasteiger partial charge is 0.370 e. The monoisotopic (exact) mass is 293 g/mol. The van der Waals surface area contributed by atoms with Crippen molar-refractivity contribution in [1.82, 2.24) is 9.38 Å². The molecule has 0 saturated carbocycles. The maximum atomic E-state index is 12.2. The minimum atomic E-state index is -0.0143. The molecule has 5 heteroatoms. The van der Waals surface area contributed by atoms with E-state index in [9.17, 15) is 4.79 Å². The van der Waals surface area contributed by atoms with Crippen molar-refractivity contribution in [3.63, 3.8) is 0 Å². The molecule has 0 spiro atoms. The summed E-state index contributed by atoms with van der Waals surface area (Å²) in [4.78, 5) is 18.2. The molecule has 1 aromatic carbocycles. The summed E-state index contributed by atoms with van der Waals surface area (Å²) >= 11 is 0. The number of amides is 1. The summed E-state index contributed by atoms with van der Waals surface area (Å²) in [6.07, 6.45) is 5.58. The summed E-state index contributed by atoms with van der Waals surface area (Å²) in [7, 11) is 0.